The monoisotopic (exact) mass is 484 g/mol. The van der Waals surface area contributed by atoms with Crippen LogP contribution in [0.25, 0.3) is 22.6 Å². The Morgan fingerprint density at radius 3 is 2.11 bits per heavy atom. The molecule has 1 aromatic heterocycles. The molecule has 12 heteroatoms. The highest BCUT2D eigenvalue weighted by Gasteiger charge is 2.31. The SMILES string of the molecule is O=C(Nc1ccc(-c2cnc(-c3ccc(OC(F)(F)F)cc3)[nH]2)cc1)Oc1ccc([N+](=O)[O-])cc1. The molecule has 0 radical (unpaired) electrons. The normalized spacial score (nSPS) is 11.1. The number of nitro groups is 1. The van der Waals surface area contributed by atoms with E-state index in [4.69, 9.17) is 4.74 Å². The molecule has 0 atom stereocenters. The number of alkyl halides is 3. The summed E-state index contributed by atoms with van der Waals surface area (Å²) < 4.78 is 45.8. The molecule has 0 unspecified atom stereocenters. The van der Waals surface area contributed by atoms with E-state index in [-0.39, 0.29) is 17.2 Å². The average Bonchev–Trinajstić information content (AvgIpc) is 3.29. The van der Waals surface area contributed by atoms with Gasteiger partial charge in [0.1, 0.15) is 17.3 Å². The van der Waals surface area contributed by atoms with Crippen LogP contribution in [-0.4, -0.2) is 27.3 Å². The van der Waals surface area contributed by atoms with Gasteiger partial charge in [0.15, 0.2) is 0 Å². The number of hydrogen-bond donors (Lipinski definition) is 2. The second kappa shape index (κ2) is 9.55. The van der Waals surface area contributed by atoms with Crippen LogP contribution in [0.15, 0.2) is 79.0 Å². The van der Waals surface area contributed by atoms with E-state index in [9.17, 15) is 28.1 Å². The quantitative estimate of drug-likeness (QED) is 0.250. The van der Waals surface area contributed by atoms with E-state index in [0.717, 1.165) is 5.56 Å². The Labute approximate surface area is 195 Å². The molecule has 0 aliphatic carbocycles. The molecule has 9 nitrogen and oxygen atoms in total. The molecule has 35 heavy (non-hydrogen) atoms. The number of aromatic nitrogens is 2. The van der Waals surface area contributed by atoms with Gasteiger partial charge in [-0.1, -0.05) is 12.1 Å². The van der Waals surface area contributed by atoms with E-state index in [0.29, 0.717) is 22.8 Å². The maximum absolute atomic E-state index is 12.3. The second-order valence-corrected chi connectivity index (χ2v) is 7.06. The zero-order valence-electron chi connectivity index (χ0n) is 17.6. The van der Waals surface area contributed by atoms with Crippen LogP contribution in [0.5, 0.6) is 11.5 Å². The number of hydrogen-bond acceptors (Lipinski definition) is 6. The molecule has 0 bridgehead atoms. The average molecular weight is 484 g/mol. The number of amides is 1. The number of imidazole rings is 1. The first-order valence-electron chi connectivity index (χ1n) is 9.91. The highest BCUT2D eigenvalue weighted by Crippen LogP contribution is 2.27. The number of nitrogens with one attached hydrogen (secondary N) is 2. The minimum Gasteiger partial charge on any atom is -0.410 e. The zero-order valence-corrected chi connectivity index (χ0v) is 17.6. The van der Waals surface area contributed by atoms with Gasteiger partial charge >= 0.3 is 12.5 Å². The van der Waals surface area contributed by atoms with Crippen molar-refractivity contribution in [2.24, 2.45) is 0 Å². The number of nitrogens with zero attached hydrogens (tertiary/aromatic N) is 2. The molecule has 1 heterocycles. The Hall–Kier alpha value is -4.87. The molecule has 3 aromatic carbocycles. The summed E-state index contributed by atoms with van der Waals surface area (Å²) >= 11 is 0. The number of carbonyl (C=O) groups excluding carboxylic acids is 1. The number of ether oxygens (including phenoxy) is 2. The van der Waals surface area contributed by atoms with Crippen molar-refractivity contribution < 1.29 is 32.4 Å². The van der Waals surface area contributed by atoms with Crippen LogP contribution in [0.4, 0.5) is 29.3 Å². The lowest BCUT2D eigenvalue weighted by Gasteiger charge is -2.08. The van der Waals surface area contributed by atoms with Crippen LogP contribution in [0, 0.1) is 10.1 Å². The summed E-state index contributed by atoms with van der Waals surface area (Å²) in [5.74, 6) is 0.267. The van der Waals surface area contributed by atoms with Gasteiger partial charge in [0.2, 0.25) is 0 Å². The van der Waals surface area contributed by atoms with E-state index in [1.165, 1.54) is 48.5 Å². The molecule has 1 amide bonds. The van der Waals surface area contributed by atoms with E-state index in [2.05, 4.69) is 20.0 Å². The van der Waals surface area contributed by atoms with Crippen molar-refractivity contribution in [3.8, 4) is 34.1 Å². The smallest absolute Gasteiger partial charge is 0.410 e. The largest absolute Gasteiger partial charge is 0.573 e. The first kappa shape index (κ1) is 23.3. The lowest BCUT2D eigenvalue weighted by atomic mass is 10.1. The summed E-state index contributed by atoms with van der Waals surface area (Å²) in [7, 11) is 0. The first-order chi connectivity index (χ1) is 16.7. The first-order valence-corrected chi connectivity index (χ1v) is 9.91. The minimum atomic E-state index is -4.76. The van der Waals surface area contributed by atoms with E-state index < -0.39 is 17.4 Å². The van der Waals surface area contributed by atoms with Crippen molar-refractivity contribution in [2.75, 3.05) is 5.32 Å². The number of nitro benzene ring substituents is 1. The van der Waals surface area contributed by atoms with Gasteiger partial charge in [0.25, 0.3) is 5.69 Å². The van der Waals surface area contributed by atoms with Crippen molar-refractivity contribution in [1.82, 2.24) is 9.97 Å². The predicted octanol–water partition coefficient (Wildman–Crippen LogP) is 6.16. The van der Waals surface area contributed by atoms with Gasteiger partial charge in [0, 0.05) is 23.4 Å². The lowest BCUT2D eigenvalue weighted by molar-refractivity contribution is -0.384. The van der Waals surface area contributed by atoms with Crippen LogP contribution in [-0.2, 0) is 0 Å². The summed E-state index contributed by atoms with van der Waals surface area (Å²) in [5, 5.41) is 13.2. The molecule has 0 fully saturated rings. The highest BCUT2D eigenvalue weighted by molar-refractivity contribution is 5.86. The molecular formula is C23H15F3N4O5. The van der Waals surface area contributed by atoms with Gasteiger partial charge in [-0.15, -0.1) is 13.2 Å². The van der Waals surface area contributed by atoms with Crippen molar-refractivity contribution in [2.45, 2.75) is 6.36 Å². The zero-order chi connectivity index (χ0) is 25.0. The number of benzene rings is 3. The molecule has 4 aromatic rings. The summed E-state index contributed by atoms with van der Waals surface area (Å²) in [5.41, 5.74) is 2.28. The van der Waals surface area contributed by atoms with Crippen molar-refractivity contribution in [3.05, 3.63) is 89.1 Å². The second-order valence-electron chi connectivity index (χ2n) is 7.06. The molecule has 4 rings (SSSR count). The molecule has 0 saturated heterocycles. The van der Waals surface area contributed by atoms with E-state index >= 15 is 0 Å². The maximum atomic E-state index is 12.3. The summed E-state index contributed by atoms with van der Waals surface area (Å²) in [6.45, 7) is 0. The van der Waals surface area contributed by atoms with Gasteiger partial charge in [-0.3, -0.25) is 15.4 Å². The molecule has 0 saturated carbocycles. The van der Waals surface area contributed by atoms with Gasteiger partial charge in [0.05, 0.1) is 16.8 Å². The number of H-pyrrole nitrogens is 1. The molecule has 0 aliphatic rings. The Bertz CT molecular complexity index is 1340. The number of carbonyl (C=O) groups is 1. The van der Waals surface area contributed by atoms with Gasteiger partial charge in [-0.2, -0.15) is 0 Å². The lowest BCUT2D eigenvalue weighted by Crippen LogP contribution is -2.16. The Morgan fingerprint density at radius 2 is 1.51 bits per heavy atom. The van der Waals surface area contributed by atoms with Crippen LogP contribution >= 0.6 is 0 Å². The fraction of sp³-hybridized carbons (Fsp3) is 0.0435. The standard InChI is InChI=1S/C23H15F3N4O5/c24-23(25,26)35-19-9-3-15(4-10-19)21-27-13-20(29-21)14-1-5-16(6-2-14)28-22(31)34-18-11-7-17(8-12-18)30(32)33/h1-13H,(H,27,29)(H,28,31). The van der Waals surface area contributed by atoms with Crippen LogP contribution in [0.3, 0.4) is 0 Å². The Balaban J connectivity index is 1.37. The summed E-state index contributed by atoms with van der Waals surface area (Å²) in [4.78, 5) is 29.5. The van der Waals surface area contributed by atoms with Crippen LogP contribution in [0.2, 0.25) is 0 Å². The third-order valence-corrected chi connectivity index (χ3v) is 4.64. The third kappa shape index (κ3) is 6.13. The maximum Gasteiger partial charge on any atom is 0.573 e. The number of halogens is 3. The topological polar surface area (TPSA) is 119 Å². The van der Waals surface area contributed by atoms with Crippen molar-refractivity contribution in [3.63, 3.8) is 0 Å². The number of aromatic amines is 1. The van der Waals surface area contributed by atoms with Crippen molar-refractivity contribution in [1.29, 1.82) is 0 Å². The fourth-order valence-electron chi connectivity index (χ4n) is 3.05. The molecule has 2 N–H and O–H groups in total. The number of non-ortho nitro benzene ring substituents is 1. The predicted molar refractivity (Wildman–Crippen MR) is 119 cm³/mol. The highest BCUT2D eigenvalue weighted by atomic mass is 19.4. The van der Waals surface area contributed by atoms with Crippen LogP contribution in [0.1, 0.15) is 0 Å². The Kier molecular flexibility index (Phi) is 6.36. The fourth-order valence-corrected chi connectivity index (χ4v) is 3.05. The van der Waals surface area contributed by atoms with Gasteiger partial charge < -0.3 is 14.5 Å². The molecule has 178 valence electrons. The van der Waals surface area contributed by atoms with Gasteiger partial charge in [-0.25, -0.2) is 9.78 Å². The van der Waals surface area contributed by atoms with Crippen LogP contribution < -0.4 is 14.8 Å². The van der Waals surface area contributed by atoms with Crippen molar-refractivity contribution >= 4 is 17.5 Å². The molecular weight excluding hydrogens is 469 g/mol. The third-order valence-electron chi connectivity index (χ3n) is 4.64. The summed E-state index contributed by atoms with van der Waals surface area (Å²) in [6, 6.07) is 17.1. The van der Waals surface area contributed by atoms with Gasteiger partial charge in [-0.05, 0) is 54.1 Å². The van der Waals surface area contributed by atoms with E-state index in [1.807, 2.05) is 0 Å². The Morgan fingerprint density at radius 1 is 0.914 bits per heavy atom. The summed E-state index contributed by atoms with van der Waals surface area (Å²) in [6.07, 6.45) is -3.96. The number of rotatable bonds is 6. The number of anilines is 1. The molecule has 0 aliphatic heterocycles. The minimum absolute atomic E-state index is 0.122. The molecule has 0 spiro atoms. The van der Waals surface area contributed by atoms with E-state index in [1.54, 1.807) is 30.5 Å².